The van der Waals surface area contributed by atoms with Gasteiger partial charge >= 0.3 is 0 Å². The normalized spacial score (nSPS) is 12.0. The molecule has 2 N–H and O–H groups in total. The van der Waals surface area contributed by atoms with Crippen LogP contribution in [-0.4, -0.2) is 47.3 Å². The fourth-order valence-electron chi connectivity index (χ4n) is 2.65. The molecule has 0 atom stereocenters. The van der Waals surface area contributed by atoms with Crippen molar-refractivity contribution in [2.45, 2.75) is 20.4 Å². The minimum absolute atomic E-state index is 0.238. The lowest BCUT2D eigenvalue weighted by Crippen LogP contribution is -2.37. The van der Waals surface area contributed by atoms with Gasteiger partial charge < -0.3 is 10.2 Å². The summed E-state index contributed by atoms with van der Waals surface area (Å²) in [7, 11) is 4.22. The Bertz CT molecular complexity index is 545. The third kappa shape index (κ3) is 4.65. The molecule has 0 saturated heterocycles. The maximum Gasteiger partial charge on any atom is 0.0710 e. The largest absolute Gasteiger partial charge is 0.312 e. The second-order valence-electron chi connectivity index (χ2n) is 6.52. The van der Waals surface area contributed by atoms with Crippen molar-refractivity contribution < 1.29 is 0 Å². The molecule has 2 rings (SSSR count). The summed E-state index contributed by atoms with van der Waals surface area (Å²) < 4.78 is 0. The van der Waals surface area contributed by atoms with Crippen molar-refractivity contribution in [3.05, 3.63) is 36.3 Å². The Morgan fingerprint density at radius 2 is 2.10 bits per heavy atom. The zero-order chi connectivity index (χ0) is 15.3. The van der Waals surface area contributed by atoms with Gasteiger partial charge in [-0.2, -0.15) is 5.10 Å². The number of rotatable bonds is 7. The summed E-state index contributed by atoms with van der Waals surface area (Å²) in [5, 5.41) is 10.8. The quantitative estimate of drug-likeness (QED) is 0.819. The number of hydrogen-bond donors (Lipinski definition) is 2. The molecule has 0 aliphatic heterocycles. The smallest absolute Gasteiger partial charge is 0.0710 e. The highest BCUT2D eigenvalue weighted by molar-refractivity contribution is 5.61. The lowest BCUT2D eigenvalue weighted by molar-refractivity contribution is 0.232. The summed E-state index contributed by atoms with van der Waals surface area (Å²) in [6.07, 6.45) is 5.52. The number of aromatic amines is 1. The van der Waals surface area contributed by atoms with Crippen molar-refractivity contribution in [2.24, 2.45) is 5.41 Å². The first-order valence-corrected chi connectivity index (χ1v) is 7.26. The summed E-state index contributed by atoms with van der Waals surface area (Å²) in [6, 6.07) is 3.98. The van der Waals surface area contributed by atoms with Crippen LogP contribution in [-0.2, 0) is 6.54 Å². The molecule has 0 amide bonds. The van der Waals surface area contributed by atoms with Crippen LogP contribution in [0.4, 0.5) is 0 Å². The summed E-state index contributed by atoms with van der Waals surface area (Å²) in [5.41, 5.74) is 3.52. The molecule has 21 heavy (non-hydrogen) atoms. The molecule has 0 aliphatic rings. The Hall–Kier alpha value is -1.72. The molecule has 0 saturated carbocycles. The first kappa shape index (κ1) is 15.7. The van der Waals surface area contributed by atoms with E-state index >= 15 is 0 Å². The Kier molecular flexibility index (Phi) is 5.09. The van der Waals surface area contributed by atoms with E-state index in [1.54, 1.807) is 6.20 Å². The number of pyridine rings is 1. The molecule has 0 aromatic carbocycles. The molecule has 2 aromatic heterocycles. The summed E-state index contributed by atoms with van der Waals surface area (Å²) >= 11 is 0. The second kappa shape index (κ2) is 6.83. The summed E-state index contributed by atoms with van der Waals surface area (Å²) in [6.45, 7) is 7.37. The van der Waals surface area contributed by atoms with Gasteiger partial charge in [0.2, 0.25) is 0 Å². The zero-order valence-electron chi connectivity index (χ0n) is 13.3. The van der Waals surface area contributed by atoms with E-state index in [4.69, 9.17) is 0 Å². The predicted molar refractivity (Wildman–Crippen MR) is 85.9 cm³/mol. The second-order valence-corrected chi connectivity index (χ2v) is 6.52. The first-order valence-electron chi connectivity index (χ1n) is 7.26. The maximum atomic E-state index is 4.16. The number of H-pyrrole nitrogens is 1. The number of aromatic nitrogens is 3. The number of hydrogen-bond acceptors (Lipinski definition) is 4. The van der Waals surface area contributed by atoms with Crippen LogP contribution in [0, 0.1) is 5.41 Å². The van der Waals surface area contributed by atoms with Gasteiger partial charge in [0.25, 0.3) is 0 Å². The van der Waals surface area contributed by atoms with Gasteiger partial charge in [-0.15, -0.1) is 0 Å². The molecule has 2 heterocycles. The van der Waals surface area contributed by atoms with Gasteiger partial charge in [0.05, 0.1) is 11.9 Å². The molecule has 0 fully saturated rings. The molecule has 5 heteroatoms. The molecule has 0 aliphatic carbocycles. The molecule has 2 aromatic rings. The van der Waals surface area contributed by atoms with Gasteiger partial charge in [0, 0.05) is 43.2 Å². The van der Waals surface area contributed by atoms with Gasteiger partial charge in [-0.3, -0.25) is 10.1 Å². The van der Waals surface area contributed by atoms with Gasteiger partial charge in [0.15, 0.2) is 0 Å². The number of nitrogens with zero attached hydrogens (tertiary/aromatic N) is 3. The average Bonchev–Trinajstić information content (AvgIpc) is 2.86. The first-order chi connectivity index (χ1) is 9.98. The van der Waals surface area contributed by atoms with Crippen molar-refractivity contribution in [1.82, 2.24) is 25.4 Å². The van der Waals surface area contributed by atoms with Gasteiger partial charge in [-0.1, -0.05) is 13.8 Å². The molecule has 0 radical (unpaired) electrons. The van der Waals surface area contributed by atoms with Crippen LogP contribution in [0.2, 0.25) is 0 Å². The maximum absolute atomic E-state index is 4.16. The van der Waals surface area contributed by atoms with Crippen molar-refractivity contribution >= 4 is 0 Å². The molecular weight excluding hydrogens is 262 g/mol. The molecule has 0 unspecified atom stereocenters. The minimum Gasteiger partial charge on any atom is -0.312 e. The minimum atomic E-state index is 0.238. The Labute approximate surface area is 126 Å². The monoisotopic (exact) mass is 287 g/mol. The van der Waals surface area contributed by atoms with Gasteiger partial charge in [-0.05, 0) is 31.6 Å². The van der Waals surface area contributed by atoms with E-state index in [2.05, 4.69) is 53.3 Å². The lowest BCUT2D eigenvalue weighted by atomic mass is 9.93. The van der Waals surface area contributed by atoms with Crippen molar-refractivity contribution in [2.75, 3.05) is 27.2 Å². The predicted octanol–water partition coefficient (Wildman–Crippen LogP) is 2.15. The van der Waals surface area contributed by atoms with E-state index in [0.717, 1.165) is 30.9 Å². The fraction of sp³-hybridized carbons (Fsp3) is 0.500. The third-order valence-electron chi connectivity index (χ3n) is 3.33. The van der Waals surface area contributed by atoms with Crippen molar-refractivity contribution in [1.29, 1.82) is 0 Å². The summed E-state index contributed by atoms with van der Waals surface area (Å²) in [4.78, 5) is 6.38. The summed E-state index contributed by atoms with van der Waals surface area (Å²) in [5.74, 6) is 0. The highest BCUT2D eigenvalue weighted by atomic mass is 15.1. The third-order valence-corrected chi connectivity index (χ3v) is 3.33. The SMILES string of the molecule is CN(C)CC(C)(C)CNCc1cn[nH]c1-c1cccnc1. The van der Waals surface area contributed by atoms with Crippen molar-refractivity contribution in [3.63, 3.8) is 0 Å². The van der Waals surface area contributed by atoms with Crippen molar-refractivity contribution in [3.8, 4) is 11.3 Å². The Balaban J connectivity index is 1.95. The average molecular weight is 287 g/mol. The van der Waals surface area contributed by atoms with Crippen LogP contribution in [0.3, 0.4) is 0 Å². The molecule has 5 nitrogen and oxygen atoms in total. The van der Waals surface area contributed by atoms with E-state index in [9.17, 15) is 0 Å². The van der Waals surface area contributed by atoms with Crippen LogP contribution in [0.25, 0.3) is 11.3 Å². The highest BCUT2D eigenvalue weighted by Gasteiger charge is 2.18. The molecular formula is C16H25N5. The van der Waals surface area contributed by atoms with E-state index in [1.165, 1.54) is 5.56 Å². The number of nitrogens with one attached hydrogen (secondary N) is 2. The molecule has 0 bridgehead atoms. The van der Waals surface area contributed by atoms with Crippen LogP contribution < -0.4 is 5.32 Å². The fourth-order valence-corrected chi connectivity index (χ4v) is 2.65. The highest BCUT2D eigenvalue weighted by Crippen LogP contribution is 2.20. The van der Waals surface area contributed by atoms with Crippen LogP contribution in [0.15, 0.2) is 30.7 Å². The van der Waals surface area contributed by atoms with E-state index < -0.39 is 0 Å². The van der Waals surface area contributed by atoms with Gasteiger partial charge in [0.1, 0.15) is 0 Å². The zero-order valence-corrected chi connectivity index (χ0v) is 13.3. The van der Waals surface area contributed by atoms with Crippen LogP contribution in [0.5, 0.6) is 0 Å². The topological polar surface area (TPSA) is 56.8 Å². The van der Waals surface area contributed by atoms with Gasteiger partial charge in [-0.25, -0.2) is 0 Å². The Morgan fingerprint density at radius 3 is 2.76 bits per heavy atom. The lowest BCUT2D eigenvalue weighted by Gasteiger charge is -2.28. The van der Waals surface area contributed by atoms with Crippen LogP contribution >= 0.6 is 0 Å². The van der Waals surface area contributed by atoms with E-state index in [0.29, 0.717) is 0 Å². The van der Waals surface area contributed by atoms with E-state index in [-0.39, 0.29) is 5.41 Å². The standard InChI is InChI=1S/C16H25N5/c1-16(2,12-21(3)4)11-18-9-14-10-19-20-15(14)13-6-5-7-17-8-13/h5-8,10,18H,9,11-12H2,1-4H3,(H,19,20). The Morgan fingerprint density at radius 1 is 1.29 bits per heavy atom. The molecule has 114 valence electrons. The van der Waals surface area contributed by atoms with E-state index in [1.807, 2.05) is 24.5 Å². The van der Waals surface area contributed by atoms with Crippen LogP contribution in [0.1, 0.15) is 19.4 Å². The molecule has 0 spiro atoms.